The van der Waals surface area contributed by atoms with Crippen molar-refractivity contribution < 1.29 is 38.8 Å². The number of aliphatic carboxylic acids is 2. The number of carbonyl (C=O) groups excluding carboxylic acids is 1. The molecule has 1 amide bonds. The number of carboxylic acids is 2. The fourth-order valence-electron chi connectivity index (χ4n) is 5.30. The van der Waals surface area contributed by atoms with Crippen molar-refractivity contribution in [2.24, 2.45) is 0 Å². The van der Waals surface area contributed by atoms with Gasteiger partial charge in [0.25, 0.3) is 5.91 Å². The van der Waals surface area contributed by atoms with Gasteiger partial charge in [0.05, 0.1) is 12.7 Å². The molecule has 1 saturated heterocycles. The van der Waals surface area contributed by atoms with Crippen LogP contribution in [0.5, 0.6) is 0 Å². The van der Waals surface area contributed by atoms with E-state index in [2.05, 4.69) is 44.2 Å². The van der Waals surface area contributed by atoms with Crippen LogP contribution in [-0.2, 0) is 41.6 Å². The summed E-state index contributed by atoms with van der Waals surface area (Å²) in [7, 11) is 0. The van der Waals surface area contributed by atoms with E-state index in [1.54, 1.807) is 0 Å². The lowest BCUT2D eigenvalue weighted by Crippen LogP contribution is -2.50. The van der Waals surface area contributed by atoms with E-state index >= 15 is 0 Å². The monoisotopic (exact) mass is 591 g/mol. The van der Waals surface area contributed by atoms with Crippen LogP contribution in [-0.4, -0.2) is 77.6 Å². The third-order valence-electron chi connectivity index (χ3n) is 7.88. The van der Waals surface area contributed by atoms with Crippen molar-refractivity contribution in [1.82, 2.24) is 4.90 Å². The van der Waals surface area contributed by atoms with Gasteiger partial charge in [-0.3, -0.25) is 4.79 Å². The van der Waals surface area contributed by atoms with Gasteiger partial charge in [-0.15, -0.1) is 0 Å². The molecule has 0 spiro atoms. The third kappa shape index (κ3) is 9.35. The molecule has 0 bridgehead atoms. The molecule has 2 N–H and O–H groups in total. The van der Waals surface area contributed by atoms with Gasteiger partial charge in [0.2, 0.25) is 0 Å². The molecule has 1 aliphatic heterocycles. The molecule has 1 heterocycles. The van der Waals surface area contributed by atoms with Gasteiger partial charge in [0, 0.05) is 19.7 Å². The summed E-state index contributed by atoms with van der Waals surface area (Å²) in [6, 6.07) is 20.7. The Hall–Kier alpha value is -3.79. The second-order valence-corrected chi connectivity index (χ2v) is 11.2. The van der Waals surface area contributed by atoms with Gasteiger partial charge in [-0.25, -0.2) is 9.59 Å². The van der Waals surface area contributed by atoms with Gasteiger partial charge < -0.3 is 29.3 Å². The first kappa shape index (κ1) is 32.1. The predicted molar refractivity (Wildman–Crippen MR) is 162 cm³/mol. The first-order chi connectivity index (χ1) is 20.7. The molecule has 3 aromatic carbocycles. The van der Waals surface area contributed by atoms with Crippen LogP contribution in [0.25, 0.3) is 10.8 Å². The molecular formula is C34H41NO8. The molecular weight excluding hydrogens is 550 g/mol. The number of benzene rings is 3. The van der Waals surface area contributed by atoms with E-state index in [4.69, 9.17) is 19.3 Å². The summed E-state index contributed by atoms with van der Waals surface area (Å²) in [5, 5.41) is 21.1. The molecule has 2 unspecified atom stereocenters. The summed E-state index contributed by atoms with van der Waals surface area (Å²) < 4.78 is 17.1. The Morgan fingerprint density at radius 2 is 1.63 bits per heavy atom. The Balaban J connectivity index is 1.31. The number of rotatable bonds is 16. The minimum Gasteiger partial charge on any atom is -0.480 e. The molecule has 3 atom stereocenters. The van der Waals surface area contributed by atoms with Gasteiger partial charge >= 0.3 is 11.9 Å². The van der Waals surface area contributed by atoms with Crippen LogP contribution < -0.4 is 0 Å². The maximum Gasteiger partial charge on any atom is 0.336 e. The highest BCUT2D eigenvalue weighted by Crippen LogP contribution is 2.21. The first-order valence-corrected chi connectivity index (χ1v) is 14.8. The van der Waals surface area contributed by atoms with E-state index in [1.165, 1.54) is 21.6 Å². The van der Waals surface area contributed by atoms with Crippen LogP contribution >= 0.6 is 0 Å². The van der Waals surface area contributed by atoms with Crippen LogP contribution in [0.4, 0.5) is 0 Å². The van der Waals surface area contributed by atoms with Crippen LogP contribution in [0.2, 0.25) is 0 Å². The lowest BCUT2D eigenvalue weighted by molar-refractivity contribution is -0.176. The fourth-order valence-corrected chi connectivity index (χ4v) is 5.30. The van der Waals surface area contributed by atoms with Gasteiger partial charge in [0.1, 0.15) is 6.61 Å². The molecule has 4 rings (SSSR count). The highest BCUT2D eigenvalue weighted by molar-refractivity contribution is 5.88. The van der Waals surface area contributed by atoms with E-state index in [-0.39, 0.29) is 19.3 Å². The van der Waals surface area contributed by atoms with Crippen molar-refractivity contribution in [2.75, 3.05) is 26.3 Å². The van der Waals surface area contributed by atoms with Crippen molar-refractivity contribution in [3.8, 4) is 0 Å². The zero-order valence-electron chi connectivity index (χ0n) is 24.9. The summed E-state index contributed by atoms with van der Waals surface area (Å²) >= 11 is 0. The third-order valence-corrected chi connectivity index (χ3v) is 7.88. The number of hydrogen-bond donors (Lipinski definition) is 2. The fraction of sp³-hybridized carbons (Fsp3) is 0.441. The molecule has 9 heteroatoms. The number of hydrogen-bond acceptors (Lipinski definition) is 6. The molecule has 43 heavy (non-hydrogen) atoms. The molecule has 9 nitrogen and oxygen atoms in total. The number of carbonyl (C=O) groups is 3. The average Bonchev–Trinajstić information content (AvgIpc) is 3.47. The van der Waals surface area contributed by atoms with E-state index in [0.29, 0.717) is 26.0 Å². The quantitative estimate of drug-likeness (QED) is 0.225. The summed E-state index contributed by atoms with van der Waals surface area (Å²) in [5.41, 5.74) is 4.80. The Kier molecular flexibility index (Phi) is 11.7. The van der Waals surface area contributed by atoms with Gasteiger partial charge in [-0.05, 0) is 78.6 Å². The predicted octanol–water partition coefficient (Wildman–Crippen LogP) is 4.93. The highest BCUT2D eigenvalue weighted by Gasteiger charge is 2.40. The second-order valence-electron chi connectivity index (χ2n) is 11.2. The SMILES string of the molecule is Cc1ccc(CCCCCOC(C(=O)N2CC[C@@H](OCc3ccc4ccccc4c3)C2)C(OCC(=O)O)C(=O)O)cc1C. The molecule has 1 aliphatic rings. The lowest BCUT2D eigenvalue weighted by Gasteiger charge is -2.27. The van der Waals surface area contributed by atoms with Crippen molar-refractivity contribution in [2.45, 2.75) is 70.9 Å². The number of nitrogens with zero attached hydrogens (tertiary/aromatic N) is 1. The Morgan fingerprint density at radius 3 is 2.37 bits per heavy atom. The van der Waals surface area contributed by atoms with Crippen molar-refractivity contribution in [3.05, 3.63) is 82.9 Å². The van der Waals surface area contributed by atoms with E-state index in [9.17, 15) is 19.5 Å². The Morgan fingerprint density at radius 1 is 0.860 bits per heavy atom. The standard InChI is InChI=1S/C34H41NO8/c1-23-11-12-25(18-24(23)2)8-4-3-7-17-41-31(32(34(39)40)43-22-30(36)37)33(38)35-16-15-29(20-35)42-21-26-13-14-27-9-5-6-10-28(27)19-26/h5-6,9-14,18-19,29,31-32H,3-4,7-8,15-17,20-22H2,1-2H3,(H,36,37)(H,39,40)/t29-,31?,32?/m1/s1. The topological polar surface area (TPSA) is 123 Å². The number of likely N-dealkylation sites (tertiary alicyclic amines) is 1. The summed E-state index contributed by atoms with van der Waals surface area (Å²) in [5.74, 6) is -3.31. The second kappa shape index (κ2) is 15.6. The number of carboxylic acid groups (broad SMARTS) is 2. The maximum atomic E-state index is 13.5. The average molecular weight is 592 g/mol. The van der Waals surface area contributed by atoms with Crippen molar-refractivity contribution in [3.63, 3.8) is 0 Å². The normalized spacial score (nSPS) is 16.3. The number of aryl methyl sites for hydroxylation is 3. The minimum atomic E-state index is -1.74. The molecule has 0 aliphatic carbocycles. The highest BCUT2D eigenvalue weighted by atomic mass is 16.6. The zero-order valence-corrected chi connectivity index (χ0v) is 24.9. The lowest BCUT2D eigenvalue weighted by atomic mass is 10.0. The Labute approximate surface area is 252 Å². The molecule has 1 fully saturated rings. The molecule has 0 aromatic heterocycles. The molecule has 0 radical (unpaired) electrons. The van der Waals surface area contributed by atoms with Crippen LogP contribution in [0.15, 0.2) is 60.7 Å². The van der Waals surface area contributed by atoms with Crippen LogP contribution in [0.1, 0.15) is 47.9 Å². The van der Waals surface area contributed by atoms with Crippen LogP contribution in [0.3, 0.4) is 0 Å². The molecule has 0 saturated carbocycles. The largest absolute Gasteiger partial charge is 0.480 e. The minimum absolute atomic E-state index is 0.152. The van der Waals surface area contributed by atoms with Gasteiger partial charge in [0.15, 0.2) is 12.2 Å². The van der Waals surface area contributed by atoms with E-state index in [0.717, 1.165) is 35.6 Å². The summed E-state index contributed by atoms with van der Waals surface area (Å²) in [6.07, 6.45) is 0.463. The van der Waals surface area contributed by atoms with Crippen LogP contribution in [0, 0.1) is 13.8 Å². The maximum absolute atomic E-state index is 13.5. The van der Waals surface area contributed by atoms with E-state index < -0.39 is 36.7 Å². The smallest absolute Gasteiger partial charge is 0.336 e. The van der Waals surface area contributed by atoms with Crippen molar-refractivity contribution in [1.29, 1.82) is 0 Å². The van der Waals surface area contributed by atoms with Crippen molar-refractivity contribution >= 4 is 28.6 Å². The molecule has 3 aromatic rings. The zero-order chi connectivity index (χ0) is 30.8. The Bertz CT molecular complexity index is 1410. The number of unbranched alkanes of at least 4 members (excludes halogenated alkanes) is 2. The summed E-state index contributed by atoms with van der Waals surface area (Å²) in [6.45, 7) is 4.53. The first-order valence-electron chi connectivity index (χ1n) is 14.8. The number of amides is 1. The number of fused-ring (bicyclic) bond motifs is 1. The van der Waals surface area contributed by atoms with Gasteiger partial charge in [-0.2, -0.15) is 0 Å². The number of ether oxygens (including phenoxy) is 3. The summed E-state index contributed by atoms with van der Waals surface area (Å²) in [4.78, 5) is 38.2. The van der Waals surface area contributed by atoms with E-state index in [1.807, 2.05) is 30.3 Å². The van der Waals surface area contributed by atoms with Gasteiger partial charge in [-0.1, -0.05) is 61.0 Å². The molecule has 230 valence electrons.